The van der Waals surface area contributed by atoms with Crippen molar-refractivity contribution in [3.8, 4) is 0 Å². The SMILES string of the molecule is CN(C)C1CCN(S(=O)(=O)c2cc(Cl)ccc2N)C1. The molecule has 1 aliphatic rings. The van der Waals surface area contributed by atoms with E-state index in [9.17, 15) is 8.42 Å². The van der Waals surface area contributed by atoms with Crippen LogP contribution < -0.4 is 5.73 Å². The van der Waals surface area contributed by atoms with Crippen molar-refractivity contribution >= 4 is 27.3 Å². The number of nitrogens with zero attached hydrogens (tertiary/aromatic N) is 2. The van der Waals surface area contributed by atoms with Gasteiger partial charge in [-0.25, -0.2) is 8.42 Å². The predicted octanol–water partition coefficient (Wildman–Crippen LogP) is 1.25. The average Bonchev–Trinajstić information content (AvgIpc) is 2.82. The molecule has 1 unspecified atom stereocenters. The van der Waals surface area contributed by atoms with Crippen molar-refractivity contribution in [3.63, 3.8) is 0 Å². The van der Waals surface area contributed by atoms with Gasteiger partial charge in [-0.3, -0.25) is 0 Å². The van der Waals surface area contributed by atoms with Crippen LogP contribution in [0.5, 0.6) is 0 Å². The lowest BCUT2D eigenvalue weighted by Crippen LogP contribution is -2.34. The molecule has 2 N–H and O–H groups in total. The molecule has 0 aliphatic carbocycles. The van der Waals surface area contributed by atoms with Crippen LogP contribution in [0.25, 0.3) is 0 Å². The van der Waals surface area contributed by atoms with Gasteiger partial charge in [0.15, 0.2) is 0 Å². The van der Waals surface area contributed by atoms with Crippen molar-refractivity contribution < 1.29 is 8.42 Å². The summed E-state index contributed by atoms with van der Waals surface area (Å²) in [6.45, 7) is 0.998. The van der Waals surface area contributed by atoms with E-state index in [0.29, 0.717) is 18.1 Å². The van der Waals surface area contributed by atoms with Gasteiger partial charge < -0.3 is 10.6 Å². The molecule has 1 saturated heterocycles. The molecule has 0 aromatic heterocycles. The molecule has 0 spiro atoms. The van der Waals surface area contributed by atoms with E-state index in [2.05, 4.69) is 0 Å². The van der Waals surface area contributed by atoms with Crippen LogP contribution in [0.1, 0.15) is 6.42 Å². The highest BCUT2D eigenvalue weighted by Crippen LogP contribution is 2.28. The van der Waals surface area contributed by atoms with Gasteiger partial charge in [0, 0.05) is 24.2 Å². The molecule has 2 rings (SSSR count). The first-order chi connectivity index (χ1) is 8.82. The molecule has 1 heterocycles. The second-order valence-electron chi connectivity index (χ2n) is 4.95. The number of hydrogen-bond acceptors (Lipinski definition) is 4. The molecule has 1 aromatic carbocycles. The van der Waals surface area contributed by atoms with Crippen LogP contribution >= 0.6 is 11.6 Å². The zero-order chi connectivity index (χ0) is 14.2. The monoisotopic (exact) mass is 303 g/mol. The van der Waals surface area contributed by atoms with E-state index in [-0.39, 0.29) is 16.6 Å². The van der Waals surface area contributed by atoms with Gasteiger partial charge in [-0.15, -0.1) is 0 Å². The first-order valence-electron chi connectivity index (χ1n) is 6.04. The molecule has 19 heavy (non-hydrogen) atoms. The summed E-state index contributed by atoms with van der Waals surface area (Å²) >= 11 is 5.86. The van der Waals surface area contributed by atoms with E-state index in [1.165, 1.54) is 16.4 Å². The first-order valence-corrected chi connectivity index (χ1v) is 7.86. The van der Waals surface area contributed by atoms with E-state index in [0.717, 1.165) is 6.42 Å². The van der Waals surface area contributed by atoms with Crippen molar-refractivity contribution in [2.24, 2.45) is 0 Å². The van der Waals surface area contributed by atoms with E-state index in [1.54, 1.807) is 6.07 Å². The topological polar surface area (TPSA) is 66.6 Å². The Labute approximate surface area is 119 Å². The summed E-state index contributed by atoms with van der Waals surface area (Å²) in [5.74, 6) is 0. The average molecular weight is 304 g/mol. The van der Waals surface area contributed by atoms with Gasteiger partial charge in [-0.2, -0.15) is 4.31 Å². The molecule has 106 valence electrons. The van der Waals surface area contributed by atoms with Crippen LogP contribution in [0, 0.1) is 0 Å². The minimum atomic E-state index is -3.56. The number of sulfonamides is 1. The maximum atomic E-state index is 12.5. The van der Waals surface area contributed by atoms with Gasteiger partial charge in [0.25, 0.3) is 0 Å². The lowest BCUT2D eigenvalue weighted by atomic mass is 10.2. The molecule has 7 heteroatoms. The Balaban J connectivity index is 2.31. The summed E-state index contributed by atoms with van der Waals surface area (Å²) in [5, 5.41) is 0.371. The smallest absolute Gasteiger partial charge is 0.245 e. The van der Waals surface area contributed by atoms with Crippen molar-refractivity contribution in [1.82, 2.24) is 9.21 Å². The molecule has 1 aliphatic heterocycles. The molecular weight excluding hydrogens is 286 g/mol. The standard InChI is InChI=1S/C12H18ClN3O2S/c1-15(2)10-5-6-16(8-10)19(17,18)12-7-9(13)3-4-11(12)14/h3-4,7,10H,5-6,8,14H2,1-2H3. The summed E-state index contributed by atoms with van der Waals surface area (Å²) in [4.78, 5) is 2.14. The number of halogens is 1. The number of benzene rings is 1. The molecular formula is C12H18ClN3O2S. The predicted molar refractivity (Wildman–Crippen MR) is 76.7 cm³/mol. The minimum absolute atomic E-state index is 0.0967. The van der Waals surface area contributed by atoms with E-state index < -0.39 is 10.0 Å². The van der Waals surface area contributed by atoms with Gasteiger partial charge >= 0.3 is 0 Å². The van der Waals surface area contributed by atoms with Crippen LogP contribution in [-0.2, 0) is 10.0 Å². The Morgan fingerprint density at radius 1 is 1.42 bits per heavy atom. The fourth-order valence-corrected chi connectivity index (χ4v) is 4.09. The zero-order valence-corrected chi connectivity index (χ0v) is 12.6. The van der Waals surface area contributed by atoms with E-state index in [4.69, 9.17) is 17.3 Å². The number of hydrogen-bond donors (Lipinski definition) is 1. The normalized spacial score (nSPS) is 21.2. The Bertz CT molecular complexity index is 574. The van der Waals surface area contributed by atoms with Crippen LogP contribution in [0.2, 0.25) is 5.02 Å². The molecule has 0 saturated carbocycles. The number of likely N-dealkylation sites (N-methyl/N-ethyl adjacent to an activating group) is 1. The third kappa shape index (κ3) is 2.86. The van der Waals surface area contributed by atoms with Gasteiger partial charge in [-0.1, -0.05) is 11.6 Å². The van der Waals surface area contributed by atoms with Crippen molar-refractivity contribution in [2.75, 3.05) is 32.9 Å². The van der Waals surface area contributed by atoms with Crippen LogP contribution in [0.3, 0.4) is 0 Å². The summed E-state index contributed by atoms with van der Waals surface area (Å²) in [6.07, 6.45) is 0.826. The molecule has 0 amide bonds. The first kappa shape index (κ1) is 14.6. The molecule has 1 aromatic rings. The second-order valence-corrected chi connectivity index (χ2v) is 7.29. The van der Waals surface area contributed by atoms with E-state index in [1.807, 2.05) is 19.0 Å². The van der Waals surface area contributed by atoms with E-state index >= 15 is 0 Å². The van der Waals surface area contributed by atoms with Crippen molar-refractivity contribution in [3.05, 3.63) is 23.2 Å². The maximum absolute atomic E-state index is 12.5. The van der Waals surface area contributed by atoms with Gasteiger partial charge in [0.2, 0.25) is 10.0 Å². The summed E-state index contributed by atoms with van der Waals surface area (Å²) in [6, 6.07) is 4.77. The third-order valence-electron chi connectivity index (χ3n) is 3.45. The molecule has 1 atom stereocenters. The van der Waals surface area contributed by atoms with Crippen LogP contribution in [0.4, 0.5) is 5.69 Å². The van der Waals surface area contributed by atoms with Gasteiger partial charge in [0.05, 0.1) is 5.69 Å². The minimum Gasteiger partial charge on any atom is -0.398 e. The number of anilines is 1. The summed E-state index contributed by atoms with van der Waals surface area (Å²) < 4.78 is 26.6. The number of nitrogens with two attached hydrogens (primary N) is 1. The lowest BCUT2D eigenvalue weighted by molar-refractivity contribution is 0.302. The maximum Gasteiger partial charge on any atom is 0.245 e. The van der Waals surface area contributed by atoms with Crippen LogP contribution in [-0.4, -0.2) is 50.8 Å². The largest absolute Gasteiger partial charge is 0.398 e. The van der Waals surface area contributed by atoms with Crippen molar-refractivity contribution in [2.45, 2.75) is 17.4 Å². The van der Waals surface area contributed by atoms with Gasteiger partial charge in [0.1, 0.15) is 4.90 Å². The highest BCUT2D eigenvalue weighted by atomic mass is 35.5. The Hall–Kier alpha value is -0.820. The van der Waals surface area contributed by atoms with Crippen LogP contribution in [0.15, 0.2) is 23.1 Å². The molecule has 0 radical (unpaired) electrons. The highest BCUT2D eigenvalue weighted by molar-refractivity contribution is 7.89. The van der Waals surface area contributed by atoms with Gasteiger partial charge in [-0.05, 0) is 38.7 Å². The Morgan fingerprint density at radius 2 is 2.11 bits per heavy atom. The summed E-state index contributed by atoms with van der Waals surface area (Å²) in [7, 11) is 0.345. The third-order valence-corrected chi connectivity index (χ3v) is 5.61. The fourth-order valence-electron chi connectivity index (χ4n) is 2.22. The molecule has 1 fully saturated rings. The molecule has 5 nitrogen and oxygen atoms in total. The fraction of sp³-hybridized carbons (Fsp3) is 0.500. The molecule has 0 bridgehead atoms. The summed E-state index contributed by atoms with van der Waals surface area (Å²) in [5.41, 5.74) is 6.00. The Morgan fingerprint density at radius 3 is 2.68 bits per heavy atom. The quantitative estimate of drug-likeness (QED) is 0.853. The highest BCUT2D eigenvalue weighted by Gasteiger charge is 2.34. The number of rotatable bonds is 3. The second kappa shape index (κ2) is 5.28. The number of nitrogen functional groups attached to an aromatic ring is 1. The lowest BCUT2D eigenvalue weighted by Gasteiger charge is -2.21. The zero-order valence-electron chi connectivity index (χ0n) is 11.0. The Kier molecular flexibility index (Phi) is 4.06. The van der Waals surface area contributed by atoms with Crippen molar-refractivity contribution in [1.29, 1.82) is 0 Å².